The number of hydrogen-bond acceptors (Lipinski definition) is 7. The predicted octanol–water partition coefficient (Wildman–Crippen LogP) is 4.29. The zero-order chi connectivity index (χ0) is 22.6. The first-order valence-corrected chi connectivity index (χ1v) is 13.1. The van der Waals surface area contributed by atoms with Crippen LogP contribution in [0.5, 0.6) is 0 Å². The Morgan fingerprint density at radius 3 is 2.56 bits per heavy atom. The van der Waals surface area contributed by atoms with Gasteiger partial charge in [0.25, 0.3) is 0 Å². The van der Waals surface area contributed by atoms with Crippen LogP contribution >= 0.6 is 22.9 Å². The fourth-order valence-corrected chi connectivity index (χ4v) is 8.37. The average Bonchev–Trinajstić information content (AvgIpc) is 3.42. The van der Waals surface area contributed by atoms with E-state index in [4.69, 9.17) is 27.1 Å². The highest BCUT2D eigenvalue weighted by atomic mass is 35.5. The number of thiophene rings is 1. The van der Waals surface area contributed by atoms with Crippen molar-refractivity contribution in [3.63, 3.8) is 0 Å². The van der Waals surface area contributed by atoms with Crippen LogP contribution in [-0.2, 0) is 20.1 Å². The number of nitrogens with zero attached hydrogens (tertiary/aromatic N) is 2. The Morgan fingerprint density at radius 1 is 1.12 bits per heavy atom. The molecule has 2 aromatic heterocycles. The van der Waals surface area contributed by atoms with Crippen molar-refractivity contribution < 1.29 is 13.2 Å². The zero-order valence-corrected chi connectivity index (χ0v) is 19.8. The number of amidine groups is 1. The fourth-order valence-electron chi connectivity index (χ4n) is 4.42. The molecule has 32 heavy (non-hydrogen) atoms. The number of ether oxygens (including phenoxy) is 1. The summed E-state index contributed by atoms with van der Waals surface area (Å²) in [6, 6.07) is 13.9. The summed E-state index contributed by atoms with van der Waals surface area (Å²) in [6.45, 7) is 2.20. The Kier molecular flexibility index (Phi) is 5.16. The molecule has 6 nitrogen and oxygen atoms in total. The van der Waals surface area contributed by atoms with Crippen LogP contribution in [-0.4, -0.2) is 43.0 Å². The third-order valence-corrected chi connectivity index (χ3v) is 10.7. The van der Waals surface area contributed by atoms with Crippen LogP contribution < -0.4 is 5.73 Å². The lowest BCUT2D eigenvalue weighted by atomic mass is 10.0. The van der Waals surface area contributed by atoms with E-state index in [2.05, 4.69) is 11.1 Å². The molecular weight excluding hydrogens is 466 g/mol. The highest BCUT2D eigenvalue weighted by Gasteiger charge is 2.57. The standard InChI is InChI=1S/C23H22ClN3O3S2/c1-22(14-32(28,29)23(21(25)27-22)7-8-30-13-23)20-18(24)10-19(31-20)17-9-16(11-26-12-17)15-5-3-2-4-6-15/h2-6,9-12H,7-8,13-14H2,1H3,(H2,25,27)/t22-,23?/m0/s1. The van der Waals surface area contributed by atoms with Gasteiger partial charge in [0.15, 0.2) is 14.6 Å². The molecule has 2 aliphatic heterocycles. The number of rotatable bonds is 3. The molecule has 166 valence electrons. The van der Waals surface area contributed by atoms with E-state index in [1.807, 2.05) is 42.6 Å². The van der Waals surface area contributed by atoms with Crippen LogP contribution in [0.25, 0.3) is 21.6 Å². The maximum absolute atomic E-state index is 13.3. The average molecular weight is 488 g/mol. The smallest absolute Gasteiger partial charge is 0.168 e. The van der Waals surface area contributed by atoms with Crippen molar-refractivity contribution >= 4 is 38.6 Å². The second-order valence-electron chi connectivity index (χ2n) is 8.44. The minimum atomic E-state index is -3.59. The van der Waals surface area contributed by atoms with Crippen molar-refractivity contribution in [1.82, 2.24) is 4.98 Å². The van der Waals surface area contributed by atoms with Crippen LogP contribution in [0, 0.1) is 0 Å². The highest BCUT2D eigenvalue weighted by molar-refractivity contribution is 7.93. The summed E-state index contributed by atoms with van der Waals surface area (Å²) in [5, 5.41) is 0.475. The maximum Gasteiger partial charge on any atom is 0.168 e. The molecule has 9 heteroatoms. The van der Waals surface area contributed by atoms with Crippen molar-refractivity contribution in [2.75, 3.05) is 19.0 Å². The maximum atomic E-state index is 13.3. The number of aromatic nitrogens is 1. The van der Waals surface area contributed by atoms with E-state index in [-0.39, 0.29) is 18.2 Å². The number of sulfone groups is 1. The molecule has 1 aromatic carbocycles. The molecule has 5 rings (SSSR count). The van der Waals surface area contributed by atoms with E-state index in [1.54, 1.807) is 13.1 Å². The largest absolute Gasteiger partial charge is 0.386 e. The summed E-state index contributed by atoms with van der Waals surface area (Å²) in [7, 11) is -3.59. The summed E-state index contributed by atoms with van der Waals surface area (Å²) in [6.07, 6.45) is 3.93. The van der Waals surface area contributed by atoms with Gasteiger partial charge in [-0.15, -0.1) is 11.3 Å². The molecule has 1 fully saturated rings. The van der Waals surface area contributed by atoms with E-state index in [0.29, 0.717) is 22.9 Å². The lowest BCUT2D eigenvalue weighted by Crippen LogP contribution is -2.58. The number of benzene rings is 1. The SMILES string of the molecule is C[C@@]1(c2sc(-c3cncc(-c4ccccc4)c3)cc2Cl)CS(=O)(=O)C2(CCOC2)C(N)=N1. The van der Waals surface area contributed by atoms with Crippen LogP contribution in [0.3, 0.4) is 0 Å². The fraction of sp³-hybridized carbons (Fsp3) is 0.304. The van der Waals surface area contributed by atoms with Crippen LogP contribution in [0.15, 0.2) is 59.9 Å². The minimum absolute atomic E-state index is 0.0577. The molecule has 0 saturated carbocycles. The first-order valence-electron chi connectivity index (χ1n) is 10.2. The topological polar surface area (TPSA) is 94.6 Å². The predicted molar refractivity (Wildman–Crippen MR) is 129 cm³/mol. The van der Waals surface area contributed by atoms with E-state index >= 15 is 0 Å². The molecule has 1 saturated heterocycles. The third-order valence-electron chi connectivity index (χ3n) is 6.19. The van der Waals surface area contributed by atoms with Crippen molar-refractivity contribution in [2.45, 2.75) is 23.6 Å². The Labute approximate surface area is 196 Å². The summed E-state index contributed by atoms with van der Waals surface area (Å²) in [5.41, 5.74) is 8.17. The van der Waals surface area contributed by atoms with E-state index in [0.717, 1.165) is 21.6 Å². The third kappa shape index (κ3) is 3.37. The summed E-state index contributed by atoms with van der Waals surface area (Å²) in [4.78, 5) is 10.7. The van der Waals surface area contributed by atoms with Gasteiger partial charge in [0.1, 0.15) is 11.4 Å². The lowest BCUT2D eigenvalue weighted by molar-refractivity contribution is 0.194. The molecule has 0 aliphatic carbocycles. The highest BCUT2D eigenvalue weighted by Crippen LogP contribution is 2.47. The Balaban J connectivity index is 1.56. The van der Waals surface area contributed by atoms with Gasteiger partial charge in [-0.1, -0.05) is 41.9 Å². The molecule has 1 spiro atoms. The molecule has 2 N–H and O–H groups in total. The molecule has 2 aliphatic rings. The van der Waals surface area contributed by atoms with E-state index in [9.17, 15) is 8.42 Å². The van der Waals surface area contributed by atoms with Crippen LogP contribution in [0.1, 0.15) is 18.2 Å². The monoisotopic (exact) mass is 487 g/mol. The van der Waals surface area contributed by atoms with Crippen molar-refractivity contribution in [2.24, 2.45) is 10.7 Å². The Hall–Kier alpha value is -2.26. The molecular formula is C23H22ClN3O3S2. The van der Waals surface area contributed by atoms with Crippen LogP contribution in [0.4, 0.5) is 0 Å². The molecule has 0 amide bonds. The van der Waals surface area contributed by atoms with Crippen LogP contribution in [0.2, 0.25) is 5.02 Å². The van der Waals surface area contributed by atoms with Crippen molar-refractivity contribution in [1.29, 1.82) is 0 Å². The van der Waals surface area contributed by atoms with Gasteiger partial charge >= 0.3 is 0 Å². The van der Waals surface area contributed by atoms with Gasteiger partial charge in [0.2, 0.25) is 0 Å². The molecule has 0 bridgehead atoms. The first-order chi connectivity index (χ1) is 15.2. The molecule has 4 heterocycles. The van der Waals surface area contributed by atoms with Gasteiger partial charge in [0, 0.05) is 35.0 Å². The quantitative estimate of drug-likeness (QED) is 0.594. The second-order valence-corrected chi connectivity index (χ2v) is 12.2. The summed E-state index contributed by atoms with van der Waals surface area (Å²) in [5.74, 6) is -0.0472. The number of pyridine rings is 1. The number of aliphatic imine (C=N–C) groups is 1. The second kappa shape index (κ2) is 7.66. The molecule has 3 aromatic rings. The van der Waals surface area contributed by atoms with Crippen molar-refractivity contribution in [3.8, 4) is 21.6 Å². The number of halogens is 1. The minimum Gasteiger partial charge on any atom is -0.386 e. The van der Waals surface area contributed by atoms with E-state index in [1.165, 1.54) is 11.3 Å². The van der Waals surface area contributed by atoms with Gasteiger partial charge in [-0.25, -0.2) is 8.42 Å². The van der Waals surface area contributed by atoms with Gasteiger partial charge in [-0.05, 0) is 31.0 Å². The Bertz CT molecular complexity index is 1320. The number of nitrogens with two attached hydrogens (primary N) is 1. The lowest BCUT2D eigenvalue weighted by Gasteiger charge is -2.38. The summed E-state index contributed by atoms with van der Waals surface area (Å²) < 4.78 is 30.8. The normalized spacial score (nSPS) is 26.9. The Morgan fingerprint density at radius 2 is 1.88 bits per heavy atom. The van der Waals surface area contributed by atoms with Gasteiger partial charge in [-0.3, -0.25) is 9.98 Å². The van der Waals surface area contributed by atoms with E-state index < -0.39 is 20.1 Å². The molecule has 1 unspecified atom stereocenters. The first kappa shape index (κ1) is 21.6. The molecule has 2 atom stereocenters. The van der Waals surface area contributed by atoms with Gasteiger partial charge < -0.3 is 10.5 Å². The number of hydrogen-bond donors (Lipinski definition) is 1. The van der Waals surface area contributed by atoms with Gasteiger partial charge in [0.05, 0.1) is 22.3 Å². The van der Waals surface area contributed by atoms with Crippen molar-refractivity contribution in [3.05, 3.63) is 64.8 Å². The summed E-state index contributed by atoms with van der Waals surface area (Å²) >= 11 is 8.05. The van der Waals surface area contributed by atoms with Gasteiger partial charge in [-0.2, -0.15) is 0 Å². The molecule has 0 radical (unpaired) electrons. The zero-order valence-electron chi connectivity index (χ0n) is 17.4.